The van der Waals surface area contributed by atoms with Crippen LogP contribution >= 0.6 is 15.9 Å². The molecule has 1 aromatic heterocycles. The number of rotatable bonds is 7. The number of hydrogen-bond acceptors (Lipinski definition) is 5. The third kappa shape index (κ3) is 4.04. The summed E-state index contributed by atoms with van der Waals surface area (Å²) in [5.74, 6) is 1.92. The standard InChI is InChI=1S/C27H24BrN3O4/c1-4-35-19-11-5-16(6-12-19)24-23-25(30-29-24)27(32)31(18-9-7-17(28)8-10-18)26(23)21-14-13-20(33-2)15-22(21)34-3/h5-15,26H,4H2,1-3H3,(H,29,30)/t26-/m0/s1. The fraction of sp³-hybridized carbons (Fsp3) is 0.185. The molecular formula is C27H24BrN3O4. The maximum absolute atomic E-state index is 13.7. The van der Waals surface area contributed by atoms with Gasteiger partial charge in [0.25, 0.3) is 5.91 Å². The number of methoxy groups -OCH3 is 2. The molecule has 0 radical (unpaired) electrons. The molecule has 178 valence electrons. The molecule has 0 spiro atoms. The summed E-state index contributed by atoms with van der Waals surface area (Å²) in [7, 11) is 3.22. The normalized spacial score (nSPS) is 14.7. The molecule has 0 bridgehead atoms. The van der Waals surface area contributed by atoms with Gasteiger partial charge in [-0.1, -0.05) is 15.9 Å². The first-order chi connectivity index (χ1) is 17.0. The number of amides is 1. The SMILES string of the molecule is CCOc1ccc(-c2n[nH]c3c2[C@H](c2ccc(OC)cc2OC)N(c2ccc(Br)cc2)C3=O)cc1. The molecule has 7 nitrogen and oxygen atoms in total. The Morgan fingerprint density at radius 1 is 0.971 bits per heavy atom. The average Bonchev–Trinajstić information content (AvgIpc) is 3.44. The van der Waals surface area contributed by atoms with E-state index < -0.39 is 6.04 Å². The van der Waals surface area contributed by atoms with Crippen molar-refractivity contribution in [1.29, 1.82) is 0 Å². The number of nitrogens with one attached hydrogen (secondary N) is 1. The van der Waals surface area contributed by atoms with Gasteiger partial charge >= 0.3 is 0 Å². The van der Waals surface area contributed by atoms with E-state index in [0.717, 1.165) is 32.6 Å². The largest absolute Gasteiger partial charge is 0.497 e. The van der Waals surface area contributed by atoms with Crippen LogP contribution in [0.15, 0.2) is 71.2 Å². The number of aromatic amines is 1. The van der Waals surface area contributed by atoms with E-state index in [2.05, 4.69) is 26.1 Å². The first kappa shape index (κ1) is 23.0. The van der Waals surface area contributed by atoms with Crippen molar-refractivity contribution in [2.75, 3.05) is 25.7 Å². The van der Waals surface area contributed by atoms with Crippen LogP contribution in [0.25, 0.3) is 11.3 Å². The van der Waals surface area contributed by atoms with Crippen molar-refractivity contribution in [3.8, 4) is 28.5 Å². The zero-order valence-electron chi connectivity index (χ0n) is 19.5. The molecule has 0 aliphatic carbocycles. The van der Waals surface area contributed by atoms with Crippen LogP contribution in [0.4, 0.5) is 5.69 Å². The zero-order valence-corrected chi connectivity index (χ0v) is 21.1. The van der Waals surface area contributed by atoms with Gasteiger partial charge in [0.15, 0.2) is 0 Å². The molecule has 1 aliphatic heterocycles. The van der Waals surface area contributed by atoms with E-state index in [0.29, 0.717) is 29.5 Å². The Hall–Kier alpha value is -3.78. The van der Waals surface area contributed by atoms with Gasteiger partial charge in [-0.2, -0.15) is 5.10 Å². The summed E-state index contributed by atoms with van der Waals surface area (Å²) < 4.78 is 17.7. The number of hydrogen-bond donors (Lipinski definition) is 1. The van der Waals surface area contributed by atoms with Gasteiger partial charge in [0.1, 0.15) is 22.9 Å². The molecule has 3 aromatic carbocycles. The van der Waals surface area contributed by atoms with Crippen molar-refractivity contribution in [2.45, 2.75) is 13.0 Å². The minimum absolute atomic E-state index is 0.158. The summed E-state index contributed by atoms with van der Waals surface area (Å²) in [5, 5.41) is 7.55. The molecule has 0 fully saturated rings. The molecule has 1 atom stereocenters. The van der Waals surface area contributed by atoms with Gasteiger partial charge in [-0.05, 0) is 67.6 Å². The molecule has 1 amide bonds. The summed E-state index contributed by atoms with van der Waals surface area (Å²) >= 11 is 3.48. The maximum Gasteiger partial charge on any atom is 0.277 e. The van der Waals surface area contributed by atoms with Crippen molar-refractivity contribution in [3.63, 3.8) is 0 Å². The number of fused-ring (bicyclic) bond motifs is 1. The minimum Gasteiger partial charge on any atom is -0.497 e. The third-order valence-electron chi connectivity index (χ3n) is 6.05. The second-order valence-corrected chi connectivity index (χ2v) is 8.90. The number of aromatic nitrogens is 2. The molecule has 0 saturated carbocycles. The predicted molar refractivity (Wildman–Crippen MR) is 138 cm³/mol. The van der Waals surface area contributed by atoms with Gasteiger partial charge in [-0.15, -0.1) is 0 Å². The van der Waals surface area contributed by atoms with Crippen LogP contribution in [0.3, 0.4) is 0 Å². The maximum atomic E-state index is 13.7. The van der Waals surface area contributed by atoms with Gasteiger partial charge in [-0.3, -0.25) is 14.8 Å². The van der Waals surface area contributed by atoms with Crippen molar-refractivity contribution < 1.29 is 19.0 Å². The first-order valence-corrected chi connectivity index (χ1v) is 12.0. The van der Waals surface area contributed by atoms with Crippen molar-refractivity contribution >= 4 is 27.5 Å². The van der Waals surface area contributed by atoms with Gasteiger partial charge in [-0.25, -0.2) is 0 Å². The predicted octanol–water partition coefficient (Wildman–Crippen LogP) is 6.00. The number of anilines is 1. The lowest BCUT2D eigenvalue weighted by atomic mass is 9.95. The highest BCUT2D eigenvalue weighted by Crippen LogP contribution is 2.48. The van der Waals surface area contributed by atoms with Crippen LogP contribution in [0, 0.1) is 0 Å². The lowest BCUT2D eigenvalue weighted by Gasteiger charge is -2.28. The highest BCUT2D eigenvalue weighted by Gasteiger charge is 2.44. The molecule has 1 aliphatic rings. The van der Waals surface area contributed by atoms with Crippen LogP contribution in [0.2, 0.25) is 0 Å². The second kappa shape index (κ2) is 9.46. The highest BCUT2D eigenvalue weighted by molar-refractivity contribution is 9.10. The molecule has 1 N–H and O–H groups in total. The Morgan fingerprint density at radius 2 is 1.69 bits per heavy atom. The fourth-order valence-corrected chi connectivity index (χ4v) is 4.71. The Morgan fingerprint density at radius 3 is 2.34 bits per heavy atom. The highest BCUT2D eigenvalue weighted by atomic mass is 79.9. The van der Waals surface area contributed by atoms with Crippen LogP contribution in [-0.2, 0) is 0 Å². The smallest absolute Gasteiger partial charge is 0.277 e. The average molecular weight is 534 g/mol. The molecule has 5 rings (SSSR count). The number of ether oxygens (including phenoxy) is 3. The summed E-state index contributed by atoms with van der Waals surface area (Å²) in [6.45, 7) is 2.54. The van der Waals surface area contributed by atoms with Gasteiger partial charge in [0.05, 0.1) is 32.6 Å². The molecular weight excluding hydrogens is 510 g/mol. The quantitative estimate of drug-likeness (QED) is 0.315. The second-order valence-electron chi connectivity index (χ2n) is 7.98. The topological polar surface area (TPSA) is 76.7 Å². The van der Waals surface area contributed by atoms with E-state index >= 15 is 0 Å². The fourth-order valence-electron chi connectivity index (χ4n) is 4.45. The monoisotopic (exact) mass is 533 g/mol. The van der Waals surface area contributed by atoms with Gasteiger partial charge in [0.2, 0.25) is 0 Å². The van der Waals surface area contributed by atoms with E-state index in [9.17, 15) is 4.79 Å². The summed E-state index contributed by atoms with van der Waals surface area (Å²) in [4.78, 5) is 15.5. The van der Waals surface area contributed by atoms with E-state index in [1.807, 2.05) is 73.7 Å². The van der Waals surface area contributed by atoms with Gasteiger partial charge < -0.3 is 14.2 Å². The molecule has 35 heavy (non-hydrogen) atoms. The van der Waals surface area contributed by atoms with E-state index in [1.54, 1.807) is 19.1 Å². The molecule has 2 heterocycles. The van der Waals surface area contributed by atoms with Crippen LogP contribution in [-0.4, -0.2) is 36.9 Å². The summed E-state index contributed by atoms with van der Waals surface area (Å²) in [5.41, 5.74) is 4.44. The van der Waals surface area contributed by atoms with Crippen molar-refractivity contribution in [2.24, 2.45) is 0 Å². The Kier molecular flexibility index (Phi) is 6.21. The third-order valence-corrected chi connectivity index (χ3v) is 6.58. The van der Waals surface area contributed by atoms with Gasteiger partial charge in [0, 0.05) is 32.9 Å². The molecule has 8 heteroatoms. The number of halogens is 1. The lowest BCUT2D eigenvalue weighted by Crippen LogP contribution is -2.29. The zero-order chi connectivity index (χ0) is 24.5. The first-order valence-electron chi connectivity index (χ1n) is 11.2. The van der Waals surface area contributed by atoms with E-state index in [-0.39, 0.29) is 5.91 Å². The molecule has 0 saturated heterocycles. The number of benzene rings is 3. The Labute approximate surface area is 211 Å². The van der Waals surface area contributed by atoms with E-state index in [1.165, 1.54) is 0 Å². The number of carbonyl (C=O) groups excluding carboxylic acids is 1. The number of H-pyrrole nitrogens is 1. The van der Waals surface area contributed by atoms with Crippen molar-refractivity contribution in [1.82, 2.24) is 10.2 Å². The van der Waals surface area contributed by atoms with Crippen LogP contribution in [0.5, 0.6) is 17.2 Å². The van der Waals surface area contributed by atoms with Crippen molar-refractivity contribution in [3.05, 3.63) is 88.0 Å². The Balaban J connectivity index is 1.70. The molecule has 4 aromatic rings. The summed E-state index contributed by atoms with van der Waals surface area (Å²) in [6.07, 6.45) is 0. The number of nitrogens with zero attached hydrogens (tertiary/aromatic N) is 2. The lowest BCUT2D eigenvalue weighted by molar-refractivity contribution is 0.0988. The summed E-state index contributed by atoms with van der Waals surface area (Å²) in [6, 6.07) is 20.6. The number of carbonyl (C=O) groups is 1. The van der Waals surface area contributed by atoms with Crippen LogP contribution < -0.4 is 19.1 Å². The Bertz CT molecular complexity index is 1370. The van der Waals surface area contributed by atoms with E-state index in [4.69, 9.17) is 14.2 Å². The minimum atomic E-state index is -0.458. The molecule has 0 unspecified atom stereocenters. The van der Waals surface area contributed by atoms with Crippen LogP contribution in [0.1, 0.15) is 34.6 Å².